The number of rotatable bonds is 8. The number of benzene rings is 1. The van der Waals surface area contributed by atoms with Gasteiger partial charge in [0.25, 0.3) is 6.43 Å². The van der Waals surface area contributed by atoms with Crippen LogP contribution in [0.4, 0.5) is 8.78 Å². The zero-order valence-electron chi connectivity index (χ0n) is 12.9. The maximum absolute atomic E-state index is 12.6. The van der Waals surface area contributed by atoms with Gasteiger partial charge < -0.3 is 5.32 Å². The summed E-state index contributed by atoms with van der Waals surface area (Å²) in [5, 5.41) is 3.47. The van der Waals surface area contributed by atoms with Crippen LogP contribution in [0, 0.1) is 6.92 Å². The van der Waals surface area contributed by atoms with Crippen molar-refractivity contribution in [3.8, 4) is 0 Å². The van der Waals surface area contributed by atoms with Crippen LogP contribution in [0.1, 0.15) is 37.4 Å². The summed E-state index contributed by atoms with van der Waals surface area (Å²) >= 11 is 0. The summed E-state index contributed by atoms with van der Waals surface area (Å²) in [5.74, 6) is 0. The van der Waals surface area contributed by atoms with Gasteiger partial charge >= 0.3 is 0 Å². The van der Waals surface area contributed by atoms with Crippen molar-refractivity contribution < 1.29 is 8.78 Å². The van der Waals surface area contributed by atoms with Crippen LogP contribution >= 0.6 is 0 Å². The molecule has 114 valence electrons. The zero-order valence-corrected chi connectivity index (χ0v) is 12.9. The Morgan fingerprint density at radius 3 is 2.30 bits per heavy atom. The Morgan fingerprint density at radius 1 is 1.20 bits per heavy atom. The third-order valence-corrected chi connectivity index (χ3v) is 3.65. The molecule has 0 saturated heterocycles. The van der Waals surface area contributed by atoms with E-state index in [-0.39, 0.29) is 18.6 Å². The van der Waals surface area contributed by atoms with E-state index in [2.05, 4.69) is 36.5 Å². The summed E-state index contributed by atoms with van der Waals surface area (Å²) in [6.45, 7) is 6.83. The lowest BCUT2D eigenvalue weighted by molar-refractivity contribution is 0.0747. The normalized spacial score (nSPS) is 14.8. The van der Waals surface area contributed by atoms with Crippen molar-refractivity contribution >= 4 is 0 Å². The molecule has 2 nitrogen and oxygen atoms in total. The Bertz CT molecular complexity index is 379. The Hall–Kier alpha value is -1.00. The van der Waals surface area contributed by atoms with E-state index in [1.165, 1.54) is 5.56 Å². The van der Waals surface area contributed by atoms with Gasteiger partial charge in [0.15, 0.2) is 0 Å². The average molecular weight is 284 g/mol. The predicted octanol–water partition coefficient (Wildman–Crippen LogP) is 3.62. The molecular formula is C16H26F2N2. The Balaban J connectivity index is 2.84. The van der Waals surface area contributed by atoms with Crippen LogP contribution in [0.15, 0.2) is 24.3 Å². The smallest absolute Gasteiger partial charge is 0.251 e. The molecule has 20 heavy (non-hydrogen) atoms. The summed E-state index contributed by atoms with van der Waals surface area (Å²) < 4.78 is 25.1. The van der Waals surface area contributed by atoms with E-state index < -0.39 is 6.43 Å². The molecule has 0 aliphatic carbocycles. The first-order valence-electron chi connectivity index (χ1n) is 7.24. The van der Waals surface area contributed by atoms with Crippen molar-refractivity contribution in [2.75, 3.05) is 20.1 Å². The molecule has 0 fully saturated rings. The van der Waals surface area contributed by atoms with Crippen LogP contribution in [0.25, 0.3) is 0 Å². The van der Waals surface area contributed by atoms with Crippen molar-refractivity contribution in [2.45, 2.75) is 45.7 Å². The molecule has 1 aromatic carbocycles. The standard InChI is InChI=1S/C16H26F2N2/c1-5-10-19-16(13(3)20(4)11-15(17)18)14-8-6-12(2)7-9-14/h6-9,13,15-16,19H,5,10-11H2,1-4H3. The predicted molar refractivity (Wildman–Crippen MR) is 80.3 cm³/mol. The van der Waals surface area contributed by atoms with Gasteiger partial charge in [-0.1, -0.05) is 36.8 Å². The Morgan fingerprint density at radius 2 is 1.80 bits per heavy atom. The molecule has 0 aliphatic heterocycles. The molecule has 0 amide bonds. The molecule has 4 heteroatoms. The van der Waals surface area contributed by atoms with Crippen molar-refractivity contribution in [1.29, 1.82) is 0 Å². The van der Waals surface area contributed by atoms with Crippen molar-refractivity contribution in [2.24, 2.45) is 0 Å². The Labute approximate surface area is 121 Å². The lowest BCUT2D eigenvalue weighted by Gasteiger charge is -2.33. The van der Waals surface area contributed by atoms with E-state index in [0.717, 1.165) is 18.5 Å². The molecule has 0 spiro atoms. The summed E-state index contributed by atoms with van der Waals surface area (Å²) in [6, 6.07) is 8.37. The number of hydrogen-bond acceptors (Lipinski definition) is 2. The highest BCUT2D eigenvalue weighted by Gasteiger charge is 2.23. The van der Waals surface area contributed by atoms with Crippen LogP contribution in [0.2, 0.25) is 0 Å². The number of likely N-dealkylation sites (N-methyl/N-ethyl adjacent to an activating group) is 1. The molecule has 0 radical (unpaired) electrons. The van der Waals surface area contributed by atoms with Gasteiger partial charge in [-0.05, 0) is 39.4 Å². The van der Waals surface area contributed by atoms with Crippen molar-refractivity contribution in [3.05, 3.63) is 35.4 Å². The molecule has 0 saturated carbocycles. The van der Waals surface area contributed by atoms with Gasteiger partial charge in [-0.3, -0.25) is 4.90 Å². The first-order valence-corrected chi connectivity index (χ1v) is 7.24. The molecule has 2 atom stereocenters. The third kappa shape index (κ3) is 5.17. The lowest BCUT2D eigenvalue weighted by Crippen LogP contribution is -2.43. The van der Waals surface area contributed by atoms with Gasteiger partial charge in [-0.15, -0.1) is 0 Å². The molecule has 2 unspecified atom stereocenters. The van der Waals surface area contributed by atoms with E-state index in [0.29, 0.717) is 0 Å². The highest BCUT2D eigenvalue weighted by Crippen LogP contribution is 2.21. The van der Waals surface area contributed by atoms with Crippen LogP contribution in [0.5, 0.6) is 0 Å². The topological polar surface area (TPSA) is 15.3 Å². The first-order chi connectivity index (χ1) is 9.45. The van der Waals surface area contributed by atoms with Crippen LogP contribution in [-0.4, -0.2) is 37.5 Å². The first kappa shape index (κ1) is 17.1. The van der Waals surface area contributed by atoms with Crippen LogP contribution < -0.4 is 5.32 Å². The van der Waals surface area contributed by atoms with Gasteiger partial charge in [0, 0.05) is 12.1 Å². The number of nitrogens with one attached hydrogen (secondary N) is 1. The minimum atomic E-state index is -2.30. The molecule has 0 aromatic heterocycles. The van der Waals surface area contributed by atoms with Gasteiger partial charge in [0.2, 0.25) is 0 Å². The summed E-state index contributed by atoms with van der Waals surface area (Å²) in [7, 11) is 1.76. The second kappa shape index (κ2) is 8.32. The fourth-order valence-electron chi connectivity index (χ4n) is 2.28. The number of nitrogens with zero attached hydrogens (tertiary/aromatic N) is 1. The highest BCUT2D eigenvalue weighted by atomic mass is 19.3. The average Bonchev–Trinajstić information content (AvgIpc) is 2.40. The molecule has 0 aliphatic rings. The second-order valence-corrected chi connectivity index (χ2v) is 5.41. The maximum atomic E-state index is 12.6. The van der Waals surface area contributed by atoms with Gasteiger partial charge in [-0.25, -0.2) is 8.78 Å². The minimum absolute atomic E-state index is 0.0123. The summed E-state index contributed by atoms with van der Waals surface area (Å²) in [5.41, 5.74) is 2.36. The van der Waals surface area contributed by atoms with Gasteiger partial charge in [0.1, 0.15) is 0 Å². The maximum Gasteiger partial charge on any atom is 0.251 e. The van der Waals surface area contributed by atoms with Crippen LogP contribution in [-0.2, 0) is 0 Å². The molecular weight excluding hydrogens is 258 g/mol. The van der Waals surface area contributed by atoms with Crippen LogP contribution in [0.3, 0.4) is 0 Å². The molecule has 0 bridgehead atoms. The van der Waals surface area contributed by atoms with E-state index in [1.54, 1.807) is 11.9 Å². The Kier molecular flexibility index (Phi) is 7.10. The third-order valence-electron chi connectivity index (χ3n) is 3.65. The molecule has 1 N–H and O–H groups in total. The van der Waals surface area contributed by atoms with E-state index in [9.17, 15) is 8.78 Å². The number of aryl methyl sites for hydroxylation is 1. The van der Waals surface area contributed by atoms with E-state index in [4.69, 9.17) is 0 Å². The number of hydrogen-bond donors (Lipinski definition) is 1. The number of halogens is 2. The number of alkyl halides is 2. The largest absolute Gasteiger partial charge is 0.309 e. The van der Waals surface area contributed by atoms with Crippen molar-refractivity contribution in [3.63, 3.8) is 0 Å². The van der Waals surface area contributed by atoms with Gasteiger partial charge in [-0.2, -0.15) is 0 Å². The van der Waals surface area contributed by atoms with E-state index in [1.807, 2.05) is 13.8 Å². The highest BCUT2D eigenvalue weighted by molar-refractivity contribution is 5.25. The minimum Gasteiger partial charge on any atom is -0.309 e. The summed E-state index contributed by atoms with van der Waals surface area (Å²) in [4.78, 5) is 1.72. The lowest BCUT2D eigenvalue weighted by atomic mass is 9.98. The molecule has 1 aromatic rings. The molecule has 1 rings (SSSR count). The second-order valence-electron chi connectivity index (χ2n) is 5.41. The summed E-state index contributed by atoms with van der Waals surface area (Å²) in [6.07, 6.45) is -1.28. The zero-order chi connectivity index (χ0) is 15.1. The fourth-order valence-corrected chi connectivity index (χ4v) is 2.28. The quantitative estimate of drug-likeness (QED) is 0.784. The monoisotopic (exact) mass is 284 g/mol. The van der Waals surface area contributed by atoms with Gasteiger partial charge in [0.05, 0.1) is 6.54 Å². The fraction of sp³-hybridized carbons (Fsp3) is 0.625. The van der Waals surface area contributed by atoms with Crippen molar-refractivity contribution in [1.82, 2.24) is 10.2 Å². The molecule has 0 heterocycles. The van der Waals surface area contributed by atoms with E-state index >= 15 is 0 Å². The SMILES string of the molecule is CCCNC(c1ccc(C)cc1)C(C)N(C)CC(F)F.